The van der Waals surface area contributed by atoms with Gasteiger partial charge in [-0.15, -0.1) is 0 Å². The van der Waals surface area contributed by atoms with Gasteiger partial charge in [0.05, 0.1) is 0 Å². The lowest BCUT2D eigenvalue weighted by atomic mass is 9.96. The highest BCUT2D eigenvalue weighted by Gasteiger charge is 2.20. The average Bonchev–Trinajstić information content (AvgIpc) is 2.39. The van der Waals surface area contributed by atoms with Crippen LogP contribution < -0.4 is 16.0 Å². The zero-order chi connectivity index (χ0) is 15.4. The Morgan fingerprint density at radius 2 is 1.65 bits per heavy atom. The van der Waals surface area contributed by atoms with Crippen molar-refractivity contribution in [3.8, 4) is 0 Å². The normalized spacial score (nSPS) is 12.2. The van der Waals surface area contributed by atoms with Crippen LogP contribution in [0, 0.1) is 5.41 Å². The fourth-order valence-electron chi connectivity index (χ4n) is 1.42. The first kappa shape index (κ1) is 19.1. The molecule has 0 radical (unpaired) electrons. The van der Waals surface area contributed by atoms with Crippen LogP contribution in [0.4, 0.5) is 0 Å². The lowest BCUT2D eigenvalue weighted by Gasteiger charge is -2.18. The van der Waals surface area contributed by atoms with E-state index < -0.39 is 0 Å². The van der Waals surface area contributed by atoms with Crippen LogP contribution in [-0.4, -0.2) is 50.6 Å². The van der Waals surface area contributed by atoms with E-state index in [4.69, 9.17) is 0 Å². The molecule has 20 heavy (non-hydrogen) atoms. The Morgan fingerprint density at radius 1 is 1.05 bits per heavy atom. The van der Waals surface area contributed by atoms with Gasteiger partial charge in [0.15, 0.2) is 5.96 Å². The molecule has 0 aliphatic rings. The topological polar surface area (TPSA) is 65.5 Å². The van der Waals surface area contributed by atoms with E-state index in [0.29, 0.717) is 13.1 Å². The number of carbonyl (C=O) groups is 1. The van der Waals surface area contributed by atoms with Gasteiger partial charge in [0.2, 0.25) is 5.91 Å². The van der Waals surface area contributed by atoms with Crippen LogP contribution in [0.5, 0.6) is 0 Å². The van der Waals surface area contributed by atoms with E-state index >= 15 is 0 Å². The summed E-state index contributed by atoms with van der Waals surface area (Å²) in [6.07, 6.45) is 4.48. The number of unbranched alkanes of at least 4 members (excludes halogenated alkanes) is 1. The smallest absolute Gasteiger partial charge is 0.225 e. The summed E-state index contributed by atoms with van der Waals surface area (Å²) in [7, 11) is 1.75. The summed E-state index contributed by atoms with van der Waals surface area (Å²) in [5, 5.41) is 9.35. The summed E-state index contributed by atoms with van der Waals surface area (Å²) >= 11 is 1.87. The largest absolute Gasteiger partial charge is 0.356 e. The van der Waals surface area contributed by atoms with Gasteiger partial charge in [-0.2, -0.15) is 11.8 Å². The molecule has 1 amide bonds. The zero-order valence-corrected chi connectivity index (χ0v) is 14.3. The van der Waals surface area contributed by atoms with Gasteiger partial charge in [-0.05, 0) is 24.9 Å². The van der Waals surface area contributed by atoms with Gasteiger partial charge in [0.25, 0.3) is 0 Å². The van der Waals surface area contributed by atoms with E-state index in [9.17, 15) is 4.79 Å². The molecule has 3 N–H and O–H groups in total. The van der Waals surface area contributed by atoms with Crippen LogP contribution >= 0.6 is 11.8 Å². The number of rotatable bonds is 8. The fourth-order valence-corrected chi connectivity index (χ4v) is 1.91. The van der Waals surface area contributed by atoms with Crippen LogP contribution in [0.25, 0.3) is 0 Å². The average molecular weight is 302 g/mol. The van der Waals surface area contributed by atoms with Crippen LogP contribution in [0.15, 0.2) is 4.99 Å². The molecular formula is C14H30N4OS. The molecule has 5 nitrogen and oxygen atoms in total. The first-order valence-electron chi connectivity index (χ1n) is 7.13. The third-order valence-corrected chi connectivity index (χ3v) is 3.37. The quantitative estimate of drug-likeness (QED) is 0.361. The molecule has 118 valence electrons. The maximum Gasteiger partial charge on any atom is 0.225 e. The maximum atomic E-state index is 11.7. The van der Waals surface area contributed by atoms with E-state index in [1.807, 2.05) is 32.5 Å². The predicted octanol–water partition coefficient (Wildman–Crippen LogP) is 1.46. The minimum Gasteiger partial charge on any atom is -0.356 e. The highest BCUT2D eigenvalue weighted by molar-refractivity contribution is 7.98. The number of thioether (sulfide) groups is 1. The highest BCUT2D eigenvalue weighted by Crippen LogP contribution is 2.11. The van der Waals surface area contributed by atoms with Crippen molar-refractivity contribution in [3.63, 3.8) is 0 Å². The standard InChI is InChI=1S/C14H30N4OS/c1-14(2,3)12(19)16-9-10-18-13(15-4)17-8-6-7-11-20-5/h6-11H2,1-5H3,(H,16,19)(H2,15,17,18). The number of nitrogens with one attached hydrogen (secondary N) is 3. The summed E-state index contributed by atoms with van der Waals surface area (Å²) in [5.41, 5.74) is -0.336. The van der Waals surface area contributed by atoms with Crippen LogP contribution in [0.1, 0.15) is 33.6 Å². The molecule has 0 atom stereocenters. The Kier molecular flexibility index (Phi) is 10.3. The summed E-state index contributed by atoms with van der Waals surface area (Å²) in [5.74, 6) is 2.06. The van der Waals surface area contributed by atoms with E-state index in [2.05, 4.69) is 27.2 Å². The van der Waals surface area contributed by atoms with Crippen molar-refractivity contribution in [2.24, 2.45) is 10.4 Å². The Balaban J connectivity index is 3.68. The Bertz CT molecular complexity index is 300. The maximum absolute atomic E-state index is 11.7. The second-order valence-corrected chi connectivity index (χ2v) is 6.62. The van der Waals surface area contributed by atoms with Gasteiger partial charge in [0, 0.05) is 32.1 Å². The van der Waals surface area contributed by atoms with E-state index in [0.717, 1.165) is 18.9 Å². The van der Waals surface area contributed by atoms with Crippen LogP contribution in [0.3, 0.4) is 0 Å². The summed E-state index contributed by atoms with van der Waals surface area (Å²) in [6.45, 7) is 7.92. The lowest BCUT2D eigenvalue weighted by Crippen LogP contribution is -2.43. The molecule has 0 aliphatic carbocycles. The van der Waals surface area contributed by atoms with Crippen LogP contribution in [0.2, 0.25) is 0 Å². The Morgan fingerprint density at radius 3 is 2.20 bits per heavy atom. The van der Waals surface area contributed by atoms with Crippen molar-refractivity contribution in [2.45, 2.75) is 33.6 Å². The van der Waals surface area contributed by atoms with Gasteiger partial charge >= 0.3 is 0 Å². The third kappa shape index (κ3) is 9.95. The van der Waals surface area contributed by atoms with Crippen molar-refractivity contribution in [3.05, 3.63) is 0 Å². The third-order valence-electron chi connectivity index (χ3n) is 2.68. The van der Waals surface area contributed by atoms with E-state index in [-0.39, 0.29) is 11.3 Å². The monoisotopic (exact) mass is 302 g/mol. The van der Waals surface area contributed by atoms with E-state index in [1.165, 1.54) is 12.2 Å². The molecule has 0 spiro atoms. The minimum absolute atomic E-state index is 0.0688. The number of hydrogen-bond donors (Lipinski definition) is 3. The molecule has 0 heterocycles. The molecule has 0 aromatic rings. The first-order chi connectivity index (χ1) is 9.41. The molecule has 0 aromatic heterocycles. The van der Waals surface area contributed by atoms with Crippen molar-refractivity contribution < 1.29 is 4.79 Å². The molecule has 0 bridgehead atoms. The number of hydrogen-bond acceptors (Lipinski definition) is 3. The van der Waals surface area contributed by atoms with Crippen LogP contribution in [-0.2, 0) is 4.79 Å². The summed E-state index contributed by atoms with van der Waals surface area (Å²) in [6, 6.07) is 0. The number of guanidine groups is 1. The highest BCUT2D eigenvalue weighted by atomic mass is 32.2. The molecule has 0 saturated heterocycles. The van der Waals surface area contributed by atoms with E-state index in [1.54, 1.807) is 7.05 Å². The molecule has 6 heteroatoms. The molecule has 0 saturated carbocycles. The fraction of sp³-hybridized carbons (Fsp3) is 0.857. The predicted molar refractivity (Wildman–Crippen MR) is 89.4 cm³/mol. The number of amides is 1. The lowest BCUT2D eigenvalue weighted by molar-refractivity contribution is -0.128. The first-order valence-corrected chi connectivity index (χ1v) is 8.53. The molecular weight excluding hydrogens is 272 g/mol. The van der Waals surface area contributed by atoms with Gasteiger partial charge < -0.3 is 16.0 Å². The van der Waals surface area contributed by atoms with Gasteiger partial charge in [-0.1, -0.05) is 20.8 Å². The second-order valence-electron chi connectivity index (χ2n) is 5.63. The zero-order valence-electron chi connectivity index (χ0n) is 13.5. The summed E-state index contributed by atoms with van der Waals surface area (Å²) in [4.78, 5) is 15.8. The van der Waals surface area contributed by atoms with Crippen molar-refractivity contribution >= 4 is 23.6 Å². The molecule has 0 fully saturated rings. The Labute approximate surface area is 127 Å². The molecule has 0 aromatic carbocycles. The second kappa shape index (κ2) is 10.8. The van der Waals surface area contributed by atoms with Gasteiger partial charge in [-0.3, -0.25) is 9.79 Å². The van der Waals surface area contributed by atoms with Crippen molar-refractivity contribution in [1.82, 2.24) is 16.0 Å². The Hall–Kier alpha value is -0.910. The van der Waals surface area contributed by atoms with Crippen molar-refractivity contribution in [2.75, 3.05) is 38.7 Å². The molecule has 0 aliphatic heterocycles. The minimum atomic E-state index is -0.336. The number of carbonyl (C=O) groups excluding carboxylic acids is 1. The number of aliphatic imine (C=N–C) groups is 1. The van der Waals surface area contributed by atoms with Gasteiger partial charge in [0.1, 0.15) is 0 Å². The van der Waals surface area contributed by atoms with Crippen molar-refractivity contribution in [1.29, 1.82) is 0 Å². The molecule has 0 rings (SSSR count). The molecule has 0 unspecified atom stereocenters. The number of nitrogens with zero attached hydrogens (tertiary/aromatic N) is 1. The summed E-state index contributed by atoms with van der Waals surface area (Å²) < 4.78 is 0. The SMILES string of the molecule is CN=C(NCCCCSC)NCCNC(=O)C(C)(C)C. The van der Waals surface area contributed by atoms with Gasteiger partial charge in [-0.25, -0.2) is 0 Å².